The lowest BCUT2D eigenvalue weighted by molar-refractivity contribution is -0.129. The Hall–Kier alpha value is -1.37. The maximum absolute atomic E-state index is 12.0. The highest BCUT2D eigenvalue weighted by molar-refractivity contribution is 5.94. The van der Waals surface area contributed by atoms with Gasteiger partial charge in [0.05, 0.1) is 6.54 Å². The summed E-state index contributed by atoms with van der Waals surface area (Å²) in [6.07, 6.45) is 2.45. The zero-order valence-electron chi connectivity index (χ0n) is 12.4. The van der Waals surface area contributed by atoms with Gasteiger partial charge >= 0.3 is 0 Å². The smallest absolute Gasteiger partial charge is 0.270 e. The molecule has 1 atom stereocenters. The van der Waals surface area contributed by atoms with Crippen LogP contribution < -0.4 is 11.1 Å². The number of aromatic nitrogens is 1. The molecule has 1 aromatic rings. The molecule has 22 heavy (non-hydrogen) atoms. The van der Waals surface area contributed by atoms with Crippen LogP contribution in [0.2, 0.25) is 0 Å². The van der Waals surface area contributed by atoms with E-state index in [0.29, 0.717) is 25.3 Å². The molecule has 1 fully saturated rings. The fourth-order valence-corrected chi connectivity index (χ4v) is 2.26. The third-order valence-corrected chi connectivity index (χ3v) is 3.70. The average molecular weight is 349 g/mol. The van der Waals surface area contributed by atoms with Crippen LogP contribution in [-0.4, -0.2) is 47.9 Å². The fraction of sp³-hybridized carbons (Fsp3) is 0.500. The average Bonchev–Trinajstić information content (AvgIpc) is 2.89. The van der Waals surface area contributed by atoms with Gasteiger partial charge in [0, 0.05) is 19.3 Å². The number of halogens is 2. The summed E-state index contributed by atoms with van der Waals surface area (Å²) >= 11 is 0. The minimum atomic E-state index is -0.334. The highest BCUT2D eigenvalue weighted by Gasteiger charge is 2.34. The molecule has 1 aromatic heterocycles. The lowest BCUT2D eigenvalue weighted by Crippen LogP contribution is -2.41. The molecule has 124 valence electrons. The van der Waals surface area contributed by atoms with Gasteiger partial charge in [-0.25, -0.2) is 0 Å². The Morgan fingerprint density at radius 2 is 2.14 bits per heavy atom. The predicted octanol–water partition coefficient (Wildman–Crippen LogP) is 0.852. The van der Waals surface area contributed by atoms with E-state index in [4.69, 9.17) is 5.73 Å². The molecule has 0 saturated carbocycles. The van der Waals surface area contributed by atoms with Gasteiger partial charge in [-0.2, -0.15) is 0 Å². The third kappa shape index (κ3) is 5.12. The second-order valence-corrected chi connectivity index (χ2v) is 5.48. The van der Waals surface area contributed by atoms with Crippen molar-refractivity contribution in [3.05, 3.63) is 30.1 Å². The normalized spacial score (nSPS) is 19.8. The fourth-order valence-electron chi connectivity index (χ4n) is 2.26. The van der Waals surface area contributed by atoms with Crippen molar-refractivity contribution < 1.29 is 9.59 Å². The molecule has 0 aromatic carbocycles. The predicted molar refractivity (Wildman–Crippen MR) is 89.4 cm³/mol. The molecule has 2 amide bonds. The number of likely N-dealkylation sites (tertiary alicyclic amines) is 1. The van der Waals surface area contributed by atoms with E-state index in [-0.39, 0.29) is 48.6 Å². The lowest BCUT2D eigenvalue weighted by atomic mass is 9.90. The lowest BCUT2D eigenvalue weighted by Gasteiger charge is -2.22. The number of hydrogen-bond donors (Lipinski definition) is 2. The van der Waals surface area contributed by atoms with E-state index in [0.717, 1.165) is 6.42 Å². The van der Waals surface area contributed by atoms with E-state index in [1.165, 1.54) is 0 Å². The molecular formula is C14H22Cl2N4O2. The van der Waals surface area contributed by atoms with Gasteiger partial charge in [-0.15, -0.1) is 24.8 Å². The molecule has 8 heteroatoms. The molecule has 3 N–H and O–H groups in total. The maximum Gasteiger partial charge on any atom is 0.270 e. The number of rotatable bonds is 4. The standard InChI is InChI=1S/C14H20N4O2.2ClH/c1-14(9-15)5-7-18(10-14)12(19)8-17-13(20)11-4-2-3-6-16-11;;/h2-4,6H,5,7-10,15H2,1H3,(H,17,20);2*1H. The Morgan fingerprint density at radius 1 is 1.41 bits per heavy atom. The van der Waals surface area contributed by atoms with E-state index in [1.54, 1.807) is 29.3 Å². The van der Waals surface area contributed by atoms with Crippen molar-refractivity contribution in [3.8, 4) is 0 Å². The maximum atomic E-state index is 12.0. The SMILES string of the molecule is CC1(CN)CCN(C(=O)CNC(=O)c2ccccn2)C1.Cl.Cl. The van der Waals surface area contributed by atoms with E-state index in [9.17, 15) is 9.59 Å². The van der Waals surface area contributed by atoms with Crippen LogP contribution in [-0.2, 0) is 4.79 Å². The van der Waals surface area contributed by atoms with E-state index in [2.05, 4.69) is 17.2 Å². The van der Waals surface area contributed by atoms with Gasteiger partial charge in [0.1, 0.15) is 5.69 Å². The highest BCUT2D eigenvalue weighted by Crippen LogP contribution is 2.28. The van der Waals surface area contributed by atoms with Crippen molar-refractivity contribution in [3.63, 3.8) is 0 Å². The molecule has 1 aliphatic rings. The van der Waals surface area contributed by atoms with Gasteiger partial charge in [0.2, 0.25) is 5.91 Å². The van der Waals surface area contributed by atoms with Gasteiger partial charge < -0.3 is 16.0 Å². The van der Waals surface area contributed by atoms with Crippen molar-refractivity contribution in [2.24, 2.45) is 11.1 Å². The number of pyridine rings is 1. The van der Waals surface area contributed by atoms with Gasteiger partial charge in [-0.05, 0) is 30.5 Å². The number of hydrogen-bond acceptors (Lipinski definition) is 4. The van der Waals surface area contributed by atoms with Crippen LogP contribution in [0.1, 0.15) is 23.8 Å². The molecular weight excluding hydrogens is 327 g/mol. The van der Waals surface area contributed by atoms with Gasteiger partial charge in [0.15, 0.2) is 0 Å². The third-order valence-electron chi connectivity index (χ3n) is 3.70. The highest BCUT2D eigenvalue weighted by atomic mass is 35.5. The molecule has 6 nitrogen and oxygen atoms in total. The Morgan fingerprint density at radius 3 is 2.68 bits per heavy atom. The van der Waals surface area contributed by atoms with Crippen LogP contribution in [0.5, 0.6) is 0 Å². The van der Waals surface area contributed by atoms with Crippen LogP contribution >= 0.6 is 24.8 Å². The number of amides is 2. The minimum Gasteiger partial charge on any atom is -0.342 e. The quantitative estimate of drug-likeness (QED) is 0.844. The zero-order valence-corrected chi connectivity index (χ0v) is 14.1. The van der Waals surface area contributed by atoms with E-state index < -0.39 is 0 Å². The Kier molecular flexibility index (Phi) is 8.37. The second-order valence-electron chi connectivity index (χ2n) is 5.48. The summed E-state index contributed by atoms with van der Waals surface area (Å²) < 4.78 is 0. The van der Waals surface area contributed by atoms with Gasteiger partial charge in [-0.1, -0.05) is 13.0 Å². The van der Waals surface area contributed by atoms with E-state index >= 15 is 0 Å². The Labute approximate surface area is 142 Å². The second kappa shape index (κ2) is 8.92. The Balaban J connectivity index is 0.00000220. The van der Waals surface area contributed by atoms with Crippen molar-refractivity contribution >= 4 is 36.6 Å². The number of carbonyl (C=O) groups is 2. The molecule has 0 aliphatic carbocycles. The van der Waals surface area contributed by atoms with Crippen molar-refractivity contribution in [2.75, 3.05) is 26.2 Å². The number of carbonyl (C=O) groups excluding carboxylic acids is 2. The monoisotopic (exact) mass is 348 g/mol. The summed E-state index contributed by atoms with van der Waals surface area (Å²) in [7, 11) is 0. The summed E-state index contributed by atoms with van der Waals surface area (Å²) in [5.74, 6) is -0.411. The number of nitrogens with two attached hydrogens (primary N) is 1. The summed E-state index contributed by atoms with van der Waals surface area (Å²) in [4.78, 5) is 29.5. The molecule has 0 radical (unpaired) electrons. The molecule has 1 saturated heterocycles. The van der Waals surface area contributed by atoms with Crippen molar-refractivity contribution in [1.82, 2.24) is 15.2 Å². The largest absolute Gasteiger partial charge is 0.342 e. The molecule has 2 rings (SSSR count). The van der Waals surface area contributed by atoms with Crippen LogP contribution in [0.4, 0.5) is 0 Å². The van der Waals surface area contributed by atoms with Crippen LogP contribution in [0.3, 0.4) is 0 Å². The first-order valence-electron chi connectivity index (χ1n) is 6.71. The zero-order chi connectivity index (χ0) is 14.6. The van der Waals surface area contributed by atoms with Gasteiger partial charge in [-0.3, -0.25) is 14.6 Å². The van der Waals surface area contributed by atoms with Crippen molar-refractivity contribution in [1.29, 1.82) is 0 Å². The van der Waals surface area contributed by atoms with Crippen molar-refractivity contribution in [2.45, 2.75) is 13.3 Å². The van der Waals surface area contributed by atoms with Crippen LogP contribution in [0, 0.1) is 5.41 Å². The summed E-state index contributed by atoms with van der Waals surface area (Å²) in [6.45, 7) is 3.99. The van der Waals surface area contributed by atoms with Gasteiger partial charge in [0.25, 0.3) is 5.91 Å². The number of nitrogens with zero attached hydrogens (tertiary/aromatic N) is 2. The Bertz CT molecular complexity index is 501. The minimum absolute atomic E-state index is 0. The van der Waals surface area contributed by atoms with Crippen LogP contribution in [0.25, 0.3) is 0 Å². The summed E-state index contributed by atoms with van der Waals surface area (Å²) in [5, 5.41) is 2.60. The first-order chi connectivity index (χ1) is 9.54. The topological polar surface area (TPSA) is 88.3 Å². The summed E-state index contributed by atoms with van der Waals surface area (Å²) in [6, 6.07) is 5.08. The number of nitrogens with one attached hydrogen (secondary N) is 1. The summed E-state index contributed by atoms with van der Waals surface area (Å²) in [5.41, 5.74) is 6.03. The molecule has 2 heterocycles. The van der Waals surface area contributed by atoms with Crippen LogP contribution in [0.15, 0.2) is 24.4 Å². The molecule has 0 spiro atoms. The molecule has 0 bridgehead atoms. The molecule has 1 aliphatic heterocycles. The molecule has 1 unspecified atom stereocenters. The van der Waals surface area contributed by atoms with E-state index in [1.807, 2.05) is 0 Å². The first-order valence-corrected chi connectivity index (χ1v) is 6.71. The first kappa shape index (κ1) is 20.6.